The molecule has 0 unspecified atom stereocenters. The van der Waals surface area contributed by atoms with Gasteiger partial charge in [0.05, 0.1) is 21.2 Å². The zero-order chi connectivity index (χ0) is 27.3. The van der Waals surface area contributed by atoms with Gasteiger partial charge in [-0.3, -0.25) is 9.59 Å². The van der Waals surface area contributed by atoms with Crippen molar-refractivity contribution in [3.8, 4) is 0 Å². The molecule has 0 saturated heterocycles. The van der Waals surface area contributed by atoms with E-state index >= 15 is 0 Å². The largest absolute Gasteiger partial charge is 1.00 e. The summed E-state index contributed by atoms with van der Waals surface area (Å²) in [7, 11) is -8.64. The number of anilines is 3. The van der Waals surface area contributed by atoms with Crippen molar-refractivity contribution in [3.05, 3.63) is 65.7 Å². The second-order valence-corrected chi connectivity index (χ2v) is 10.9. The summed E-state index contributed by atoms with van der Waals surface area (Å²) in [4.78, 5) is 26.4. The number of benzene rings is 2. The van der Waals surface area contributed by atoms with Gasteiger partial charge in [0.25, 0.3) is 11.8 Å². The number of hydrogen-bond acceptors (Lipinski definition) is 9. The molecule has 194 valence electrons. The van der Waals surface area contributed by atoms with E-state index in [-0.39, 0.29) is 131 Å². The molecule has 0 aliphatic rings. The molecule has 0 saturated carbocycles. The van der Waals surface area contributed by atoms with Crippen LogP contribution >= 0.6 is 0 Å². The van der Waals surface area contributed by atoms with E-state index in [4.69, 9.17) is 5.73 Å². The molecule has 0 aliphatic carbocycles. The SMILES string of the molecule is Cc1c(N)c[nH]c1C(=O)Nc1cc(C(=O)Nc2ccc3cc(S(=O)(=O)[O-])cc(S(=O)(=O)[O-])c3c2)n(C)c1.[K+].[K+]. The fraction of sp³-hybridized carbons (Fsp3) is 0.0909. The monoisotopic (exact) mass is 623 g/mol. The molecular weight excluding hydrogens is 605 g/mol. The van der Waals surface area contributed by atoms with Crippen molar-refractivity contribution < 1.29 is 138 Å². The number of nitrogens with one attached hydrogen (secondary N) is 3. The molecule has 0 radical (unpaired) electrons. The summed E-state index contributed by atoms with van der Waals surface area (Å²) >= 11 is 0. The van der Waals surface area contributed by atoms with Crippen molar-refractivity contribution in [2.24, 2.45) is 7.05 Å². The first-order valence-corrected chi connectivity index (χ1v) is 13.2. The predicted octanol–water partition coefficient (Wildman–Crippen LogP) is -4.28. The van der Waals surface area contributed by atoms with Crippen LogP contribution in [0.2, 0.25) is 0 Å². The van der Waals surface area contributed by atoms with Gasteiger partial charge >= 0.3 is 103 Å². The molecule has 5 N–H and O–H groups in total. The maximum atomic E-state index is 12.9. The van der Waals surface area contributed by atoms with Gasteiger partial charge in [0.15, 0.2) is 0 Å². The molecular formula is C22H19K2N5O8S2. The average Bonchev–Trinajstić information content (AvgIpc) is 3.32. The second kappa shape index (κ2) is 12.9. The number of hydrogen-bond donors (Lipinski definition) is 4. The van der Waals surface area contributed by atoms with Gasteiger partial charge in [0.1, 0.15) is 31.6 Å². The van der Waals surface area contributed by atoms with Crippen LogP contribution in [-0.2, 0) is 27.3 Å². The molecule has 4 aromatic rings. The summed E-state index contributed by atoms with van der Waals surface area (Å²) in [6.07, 6.45) is 2.99. The Morgan fingerprint density at radius 3 is 2.13 bits per heavy atom. The Hall–Kier alpha value is -0.907. The Bertz CT molecular complexity index is 1820. The van der Waals surface area contributed by atoms with E-state index in [1.807, 2.05) is 0 Å². The molecule has 0 bridgehead atoms. The third-order valence-electron chi connectivity index (χ3n) is 5.61. The molecule has 4 rings (SSSR count). The van der Waals surface area contributed by atoms with E-state index in [1.54, 1.807) is 14.0 Å². The minimum Gasteiger partial charge on any atom is -0.744 e. The van der Waals surface area contributed by atoms with E-state index in [1.165, 1.54) is 41.2 Å². The van der Waals surface area contributed by atoms with Crippen LogP contribution in [0.1, 0.15) is 26.5 Å². The van der Waals surface area contributed by atoms with E-state index in [0.717, 1.165) is 6.07 Å². The number of aromatic amines is 1. The molecule has 0 atom stereocenters. The fourth-order valence-electron chi connectivity index (χ4n) is 3.72. The van der Waals surface area contributed by atoms with Gasteiger partial charge in [0, 0.05) is 36.1 Å². The molecule has 0 fully saturated rings. The van der Waals surface area contributed by atoms with Crippen molar-refractivity contribution in [1.29, 1.82) is 0 Å². The number of fused-ring (bicyclic) bond motifs is 1. The van der Waals surface area contributed by atoms with Crippen LogP contribution in [0.25, 0.3) is 10.8 Å². The van der Waals surface area contributed by atoms with Crippen molar-refractivity contribution >= 4 is 59.9 Å². The molecule has 2 heterocycles. The summed E-state index contributed by atoms with van der Waals surface area (Å²) in [5, 5.41) is 5.02. The zero-order valence-electron chi connectivity index (χ0n) is 21.2. The fourth-order valence-corrected chi connectivity index (χ4v) is 5.05. The first-order valence-electron chi connectivity index (χ1n) is 10.4. The number of rotatable bonds is 6. The summed E-state index contributed by atoms with van der Waals surface area (Å²) in [6, 6.07) is 6.61. The number of carbonyl (C=O) groups excluding carboxylic acids is 2. The number of aromatic nitrogens is 2. The quantitative estimate of drug-likeness (QED) is 0.120. The molecule has 2 aromatic carbocycles. The van der Waals surface area contributed by atoms with Crippen LogP contribution in [-0.4, -0.2) is 47.3 Å². The van der Waals surface area contributed by atoms with Gasteiger partial charge in [-0.25, -0.2) is 16.8 Å². The minimum absolute atomic E-state index is 0. The smallest absolute Gasteiger partial charge is 0.744 e. The summed E-state index contributed by atoms with van der Waals surface area (Å²) < 4.78 is 70.8. The number of carbonyl (C=O) groups is 2. The maximum absolute atomic E-state index is 12.9. The van der Waals surface area contributed by atoms with Crippen LogP contribution in [0.3, 0.4) is 0 Å². The average molecular weight is 624 g/mol. The minimum atomic E-state index is -5.17. The van der Waals surface area contributed by atoms with Crippen LogP contribution in [0.15, 0.2) is 58.6 Å². The van der Waals surface area contributed by atoms with E-state index < -0.39 is 41.8 Å². The topological polar surface area (TPSA) is 219 Å². The van der Waals surface area contributed by atoms with E-state index in [0.29, 0.717) is 23.0 Å². The number of aryl methyl sites for hydroxylation is 1. The first-order chi connectivity index (χ1) is 17.1. The summed E-state index contributed by atoms with van der Waals surface area (Å²) in [6.45, 7) is 1.68. The zero-order valence-corrected chi connectivity index (χ0v) is 29.1. The van der Waals surface area contributed by atoms with Crippen LogP contribution in [0.5, 0.6) is 0 Å². The van der Waals surface area contributed by atoms with E-state index in [9.17, 15) is 35.5 Å². The Morgan fingerprint density at radius 1 is 0.923 bits per heavy atom. The molecule has 2 amide bonds. The molecule has 0 spiro atoms. The predicted molar refractivity (Wildman–Crippen MR) is 131 cm³/mol. The number of nitrogen functional groups attached to an aromatic ring is 1. The van der Waals surface area contributed by atoms with Crippen molar-refractivity contribution in [3.63, 3.8) is 0 Å². The Morgan fingerprint density at radius 2 is 1.56 bits per heavy atom. The third-order valence-corrected chi connectivity index (χ3v) is 7.30. The molecule has 0 aliphatic heterocycles. The van der Waals surface area contributed by atoms with E-state index in [2.05, 4.69) is 15.6 Å². The molecule has 39 heavy (non-hydrogen) atoms. The van der Waals surface area contributed by atoms with Crippen LogP contribution in [0, 0.1) is 6.92 Å². The van der Waals surface area contributed by atoms with Gasteiger partial charge in [-0.05, 0) is 42.6 Å². The second-order valence-electron chi connectivity index (χ2n) is 8.14. The van der Waals surface area contributed by atoms with Crippen molar-refractivity contribution in [2.45, 2.75) is 16.7 Å². The van der Waals surface area contributed by atoms with Gasteiger partial charge in [0.2, 0.25) is 0 Å². The number of H-pyrrole nitrogens is 1. The Balaban J connectivity index is 0.00000267. The van der Waals surface area contributed by atoms with Gasteiger partial charge in [-0.2, -0.15) is 0 Å². The van der Waals surface area contributed by atoms with Gasteiger partial charge in [-0.15, -0.1) is 0 Å². The molecule has 2 aromatic heterocycles. The van der Waals surface area contributed by atoms with Gasteiger partial charge in [-0.1, -0.05) is 6.07 Å². The van der Waals surface area contributed by atoms with Crippen LogP contribution < -0.4 is 119 Å². The third kappa shape index (κ3) is 7.69. The maximum Gasteiger partial charge on any atom is 1.00 e. The van der Waals surface area contributed by atoms with Gasteiger partial charge < -0.3 is 35.0 Å². The normalized spacial score (nSPS) is 11.4. The summed E-state index contributed by atoms with van der Waals surface area (Å²) in [5.41, 5.74) is 7.54. The summed E-state index contributed by atoms with van der Waals surface area (Å²) in [5.74, 6) is -1.10. The Kier molecular flexibility index (Phi) is 11.4. The van der Waals surface area contributed by atoms with Crippen molar-refractivity contribution in [1.82, 2.24) is 9.55 Å². The number of nitrogens with two attached hydrogens (primary N) is 1. The number of nitrogens with zero attached hydrogens (tertiary/aromatic N) is 1. The Labute approximate surface area is 308 Å². The van der Waals surface area contributed by atoms with Crippen LogP contribution in [0.4, 0.5) is 17.1 Å². The molecule has 17 heteroatoms. The van der Waals surface area contributed by atoms with Crippen molar-refractivity contribution in [2.75, 3.05) is 16.4 Å². The molecule has 13 nitrogen and oxygen atoms in total. The standard InChI is InChI=1S/C22H21N5O8S2.2K/c1-11-17(23)9-24-20(11)22(29)26-14-7-18(27(2)10-14)21(28)25-13-4-3-12-5-15(36(30,31)32)8-19(16(12)6-13)37(33,34)35;;/h3-10,24H,23H2,1-2H3,(H,25,28)(H,26,29)(H,30,31,32)(H,33,34,35);;/q;2*+1/p-2. The first kappa shape index (κ1) is 34.3. The number of amides is 2.